The van der Waals surface area contributed by atoms with Gasteiger partial charge < -0.3 is 25.4 Å². The lowest BCUT2D eigenvalue weighted by Crippen LogP contribution is -2.45. The molecule has 0 aliphatic heterocycles. The van der Waals surface area contributed by atoms with E-state index in [4.69, 9.17) is 10.5 Å². The van der Waals surface area contributed by atoms with Crippen LogP contribution in [-0.2, 0) is 0 Å². The molecule has 7 heteroatoms. The van der Waals surface area contributed by atoms with Crippen molar-refractivity contribution in [3.05, 3.63) is 12.1 Å². The zero-order chi connectivity index (χ0) is 18.7. The average Bonchev–Trinajstić information content (AvgIpc) is 2.43. The fourth-order valence-corrected chi connectivity index (χ4v) is 2.46. The summed E-state index contributed by atoms with van der Waals surface area (Å²) >= 11 is 0. The molecule has 0 fully saturated rings. The van der Waals surface area contributed by atoms with E-state index in [9.17, 15) is 9.90 Å². The molecule has 7 nitrogen and oxygen atoms in total. The molecule has 1 aromatic carbocycles. The summed E-state index contributed by atoms with van der Waals surface area (Å²) in [6.45, 7) is 7.15. The number of nitrogens with zero attached hydrogens (tertiary/aromatic N) is 3. The second-order valence-corrected chi connectivity index (χ2v) is 7.10. The molecule has 24 heavy (non-hydrogen) atoms. The molecule has 0 aliphatic carbocycles. The molecular weight excluding hydrogens is 308 g/mol. The third-order valence-electron chi connectivity index (χ3n) is 3.73. The van der Waals surface area contributed by atoms with Gasteiger partial charge >= 0.3 is 6.09 Å². The molecule has 0 aromatic heterocycles. The van der Waals surface area contributed by atoms with E-state index in [0.717, 1.165) is 18.8 Å². The summed E-state index contributed by atoms with van der Waals surface area (Å²) in [7, 11) is 7.50. The first kappa shape index (κ1) is 19.9. The lowest BCUT2D eigenvalue weighted by atomic mass is 10.0. The van der Waals surface area contributed by atoms with E-state index in [1.165, 1.54) is 12.0 Å². The van der Waals surface area contributed by atoms with Gasteiger partial charge in [0.15, 0.2) is 0 Å². The second-order valence-electron chi connectivity index (χ2n) is 7.10. The molecule has 0 atom stereocenters. The number of likely N-dealkylation sites (N-methyl/N-ethyl adjacent to an activating group) is 2. The quantitative estimate of drug-likeness (QED) is 0.776. The predicted octanol–water partition coefficient (Wildman–Crippen LogP) is 2.56. The summed E-state index contributed by atoms with van der Waals surface area (Å²) < 4.78 is 5.45. The van der Waals surface area contributed by atoms with Crippen LogP contribution in [0.3, 0.4) is 0 Å². The fourth-order valence-electron chi connectivity index (χ4n) is 2.46. The number of methoxy groups -OCH3 is 1. The predicted molar refractivity (Wildman–Crippen MR) is 99.5 cm³/mol. The summed E-state index contributed by atoms with van der Waals surface area (Å²) in [6.07, 6.45) is -1.05. The number of ether oxygens (including phenoxy) is 1. The Morgan fingerprint density at radius 1 is 1.17 bits per heavy atom. The monoisotopic (exact) mass is 338 g/mol. The van der Waals surface area contributed by atoms with Crippen LogP contribution in [-0.4, -0.2) is 63.0 Å². The lowest BCUT2D eigenvalue weighted by Gasteiger charge is -2.35. The minimum atomic E-state index is -1.05. The number of rotatable bonds is 6. The highest BCUT2D eigenvalue weighted by Crippen LogP contribution is 2.39. The van der Waals surface area contributed by atoms with Crippen molar-refractivity contribution in [2.45, 2.75) is 26.3 Å². The highest BCUT2D eigenvalue weighted by Gasteiger charge is 2.31. The van der Waals surface area contributed by atoms with Crippen molar-refractivity contribution in [2.75, 3.05) is 56.9 Å². The molecule has 0 bridgehead atoms. The van der Waals surface area contributed by atoms with Crippen LogP contribution in [0.4, 0.5) is 21.9 Å². The molecule has 0 spiro atoms. The molecule has 1 rings (SSSR count). The molecule has 0 aliphatic rings. The zero-order valence-corrected chi connectivity index (χ0v) is 15.8. The van der Waals surface area contributed by atoms with E-state index in [2.05, 4.69) is 4.90 Å². The Hall–Kier alpha value is -2.15. The maximum absolute atomic E-state index is 11.7. The highest BCUT2D eigenvalue weighted by molar-refractivity contribution is 5.92. The van der Waals surface area contributed by atoms with Crippen LogP contribution < -0.4 is 20.3 Å². The van der Waals surface area contributed by atoms with E-state index in [1.807, 2.05) is 46.8 Å². The van der Waals surface area contributed by atoms with Crippen molar-refractivity contribution in [3.8, 4) is 5.75 Å². The fraction of sp³-hybridized carbons (Fsp3) is 0.588. The number of nitrogens with two attached hydrogens (primary N) is 1. The number of carboxylic acid groups (broad SMARTS) is 1. The summed E-state index contributed by atoms with van der Waals surface area (Å²) in [5.41, 5.74) is 7.36. The number of benzene rings is 1. The van der Waals surface area contributed by atoms with Crippen molar-refractivity contribution < 1.29 is 14.6 Å². The van der Waals surface area contributed by atoms with Crippen LogP contribution >= 0.6 is 0 Å². The molecule has 0 radical (unpaired) electrons. The Balaban J connectivity index is 3.32. The van der Waals surface area contributed by atoms with Gasteiger partial charge in [0.05, 0.1) is 24.2 Å². The smallest absolute Gasteiger partial charge is 0.412 e. The number of carbonyl (C=O) groups is 1. The van der Waals surface area contributed by atoms with Crippen LogP contribution in [0.5, 0.6) is 5.75 Å². The Labute approximate surface area is 144 Å². The first-order valence-corrected chi connectivity index (χ1v) is 7.85. The normalized spacial score (nSPS) is 11.5. The lowest BCUT2D eigenvalue weighted by molar-refractivity contribution is 0.195. The van der Waals surface area contributed by atoms with Gasteiger partial charge in [0.2, 0.25) is 0 Å². The van der Waals surface area contributed by atoms with Crippen molar-refractivity contribution in [3.63, 3.8) is 0 Å². The van der Waals surface area contributed by atoms with E-state index in [-0.39, 0.29) is 0 Å². The molecule has 0 saturated heterocycles. The Morgan fingerprint density at radius 3 is 2.17 bits per heavy atom. The molecule has 1 aromatic rings. The van der Waals surface area contributed by atoms with E-state index in [1.54, 1.807) is 12.1 Å². The van der Waals surface area contributed by atoms with Gasteiger partial charge in [-0.15, -0.1) is 0 Å². The van der Waals surface area contributed by atoms with Gasteiger partial charge in [0.25, 0.3) is 0 Å². The van der Waals surface area contributed by atoms with Gasteiger partial charge in [-0.1, -0.05) is 0 Å². The minimum absolute atomic E-state index is 0.444. The Kier molecular flexibility index (Phi) is 6.31. The van der Waals surface area contributed by atoms with E-state index < -0.39 is 11.6 Å². The SMILES string of the molecule is COc1cc(N(C)CCN(C)C)c(N)cc1N(C(=O)O)C(C)(C)C. The van der Waals surface area contributed by atoms with Crippen LogP contribution in [0.25, 0.3) is 0 Å². The van der Waals surface area contributed by atoms with Crippen molar-refractivity contribution in [1.29, 1.82) is 0 Å². The number of hydrogen-bond acceptors (Lipinski definition) is 5. The average molecular weight is 338 g/mol. The zero-order valence-electron chi connectivity index (χ0n) is 15.8. The number of nitrogen functional groups attached to an aromatic ring is 1. The standard InChI is InChI=1S/C17H30N4O3/c1-17(2,3)21(16(22)23)14-10-12(18)13(11-15(14)24-7)20(6)9-8-19(4)5/h10-11H,8-9,18H2,1-7H3,(H,22,23). The van der Waals surface area contributed by atoms with E-state index in [0.29, 0.717) is 17.1 Å². The minimum Gasteiger partial charge on any atom is -0.494 e. The maximum Gasteiger partial charge on any atom is 0.412 e. The van der Waals surface area contributed by atoms with Crippen molar-refractivity contribution >= 4 is 23.2 Å². The van der Waals surface area contributed by atoms with Gasteiger partial charge in [-0.25, -0.2) is 4.79 Å². The van der Waals surface area contributed by atoms with Crippen molar-refractivity contribution in [2.24, 2.45) is 0 Å². The van der Waals surface area contributed by atoms with Gasteiger partial charge in [0.1, 0.15) is 5.75 Å². The summed E-state index contributed by atoms with van der Waals surface area (Å²) in [5.74, 6) is 0.480. The van der Waals surface area contributed by atoms with Crippen LogP contribution in [0, 0.1) is 0 Å². The first-order valence-electron chi connectivity index (χ1n) is 7.85. The molecular formula is C17H30N4O3. The van der Waals surface area contributed by atoms with Crippen LogP contribution in [0.15, 0.2) is 12.1 Å². The molecule has 0 unspecified atom stereocenters. The molecule has 136 valence electrons. The van der Waals surface area contributed by atoms with Crippen molar-refractivity contribution in [1.82, 2.24) is 4.90 Å². The number of amides is 1. The number of anilines is 3. The molecule has 1 amide bonds. The Bertz CT molecular complexity index is 582. The first-order chi connectivity index (χ1) is 11.0. The maximum atomic E-state index is 11.7. The van der Waals surface area contributed by atoms with E-state index >= 15 is 0 Å². The summed E-state index contributed by atoms with van der Waals surface area (Å²) in [5, 5.41) is 9.61. The largest absolute Gasteiger partial charge is 0.494 e. The van der Waals surface area contributed by atoms with Gasteiger partial charge in [0, 0.05) is 31.7 Å². The highest BCUT2D eigenvalue weighted by atomic mass is 16.5. The topological polar surface area (TPSA) is 82.3 Å². The van der Waals surface area contributed by atoms with Gasteiger partial charge in [-0.3, -0.25) is 4.90 Å². The summed E-state index contributed by atoms with van der Waals surface area (Å²) in [4.78, 5) is 17.1. The van der Waals surface area contributed by atoms with Crippen LogP contribution in [0.1, 0.15) is 20.8 Å². The van der Waals surface area contributed by atoms with Crippen LogP contribution in [0.2, 0.25) is 0 Å². The third-order valence-corrected chi connectivity index (χ3v) is 3.73. The Morgan fingerprint density at radius 2 is 1.75 bits per heavy atom. The molecule has 3 N–H and O–H groups in total. The third kappa shape index (κ3) is 4.67. The van der Waals surface area contributed by atoms with Gasteiger partial charge in [-0.2, -0.15) is 0 Å². The summed E-state index contributed by atoms with van der Waals surface area (Å²) in [6, 6.07) is 3.46. The second kappa shape index (κ2) is 7.61. The molecule has 0 heterocycles. The number of hydrogen-bond donors (Lipinski definition) is 2. The molecule has 0 saturated carbocycles. The van der Waals surface area contributed by atoms with Gasteiger partial charge in [-0.05, 0) is 40.9 Å².